The van der Waals surface area contributed by atoms with E-state index in [9.17, 15) is 14.7 Å². The molecule has 0 saturated heterocycles. The average molecular weight is 334 g/mol. The van der Waals surface area contributed by atoms with Gasteiger partial charge < -0.3 is 19.9 Å². The lowest BCUT2D eigenvalue weighted by atomic mass is 9.77. The molecule has 1 saturated carbocycles. The zero-order valence-corrected chi connectivity index (χ0v) is 14.4. The molecule has 7 nitrogen and oxygen atoms in total. The first-order valence-electron chi connectivity index (χ1n) is 8.73. The summed E-state index contributed by atoms with van der Waals surface area (Å²) in [6, 6.07) is 0.0335. The van der Waals surface area contributed by atoms with Gasteiger partial charge in [-0.2, -0.15) is 0 Å². The van der Waals surface area contributed by atoms with Gasteiger partial charge in [0, 0.05) is 19.1 Å². The quantitative estimate of drug-likeness (QED) is 0.862. The van der Waals surface area contributed by atoms with E-state index in [1.54, 1.807) is 11.2 Å². The minimum atomic E-state index is -0.818. The molecule has 1 aromatic rings. The maximum atomic E-state index is 12.6. The number of aromatic nitrogens is 2. The molecule has 0 radical (unpaired) electrons. The van der Waals surface area contributed by atoms with Gasteiger partial charge in [-0.1, -0.05) is 0 Å². The summed E-state index contributed by atoms with van der Waals surface area (Å²) < 4.78 is 1.96. The van der Waals surface area contributed by atoms with Crippen molar-refractivity contribution in [1.82, 2.24) is 19.8 Å². The van der Waals surface area contributed by atoms with Crippen LogP contribution in [-0.2, 0) is 17.9 Å². The number of nitrogens with one attached hydrogen (secondary N) is 1. The van der Waals surface area contributed by atoms with Crippen molar-refractivity contribution >= 4 is 11.8 Å². The van der Waals surface area contributed by atoms with E-state index in [2.05, 4.69) is 10.3 Å². The van der Waals surface area contributed by atoms with E-state index >= 15 is 0 Å². The molecular formula is C17H26N4O3. The predicted octanol–water partition coefficient (Wildman–Crippen LogP) is 1.06. The molecule has 0 unspecified atom stereocenters. The number of carbonyl (C=O) groups is 2. The van der Waals surface area contributed by atoms with E-state index in [1.807, 2.05) is 18.4 Å². The Labute approximate surface area is 142 Å². The number of fused-ring (bicyclic) bond motifs is 1. The number of aryl methyl sites for hydroxylation is 1. The van der Waals surface area contributed by atoms with Crippen LogP contribution in [0.1, 0.15) is 62.1 Å². The molecule has 2 N–H and O–H groups in total. The smallest absolute Gasteiger partial charge is 0.272 e. The summed E-state index contributed by atoms with van der Waals surface area (Å²) in [5.41, 5.74) is 0.354. The summed E-state index contributed by atoms with van der Waals surface area (Å²) in [6.07, 6.45) is 5.06. The van der Waals surface area contributed by atoms with Gasteiger partial charge in [-0.3, -0.25) is 9.59 Å². The minimum absolute atomic E-state index is 0.0335. The van der Waals surface area contributed by atoms with Gasteiger partial charge in [0.1, 0.15) is 0 Å². The van der Waals surface area contributed by atoms with Gasteiger partial charge in [0.05, 0.1) is 30.6 Å². The van der Waals surface area contributed by atoms with E-state index in [1.165, 1.54) is 0 Å². The maximum absolute atomic E-state index is 12.6. The van der Waals surface area contributed by atoms with E-state index in [0.717, 1.165) is 25.1 Å². The highest BCUT2D eigenvalue weighted by Gasteiger charge is 2.38. The molecule has 7 heteroatoms. The van der Waals surface area contributed by atoms with Gasteiger partial charge >= 0.3 is 0 Å². The zero-order chi connectivity index (χ0) is 17.3. The fraction of sp³-hybridized carbons (Fsp3) is 0.706. The molecule has 0 bridgehead atoms. The Hall–Kier alpha value is -1.89. The minimum Gasteiger partial charge on any atom is -0.389 e. The Kier molecular flexibility index (Phi) is 4.62. The third kappa shape index (κ3) is 3.45. The summed E-state index contributed by atoms with van der Waals surface area (Å²) in [5.74, 6) is -0.243. The number of hydrogen-bond acceptors (Lipinski definition) is 4. The summed E-state index contributed by atoms with van der Waals surface area (Å²) >= 11 is 0. The van der Waals surface area contributed by atoms with Crippen molar-refractivity contribution in [2.45, 2.75) is 70.7 Å². The first kappa shape index (κ1) is 17.0. The van der Waals surface area contributed by atoms with Crippen LogP contribution in [0.25, 0.3) is 0 Å². The lowest BCUT2D eigenvalue weighted by Crippen LogP contribution is -2.43. The largest absolute Gasteiger partial charge is 0.389 e. The molecule has 1 aliphatic heterocycles. The highest BCUT2D eigenvalue weighted by Crippen LogP contribution is 2.35. The van der Waals surface area contributed by atoms with Crippen LogP contribution >= 0.6 is 0 Å². The van der Waals surface area contributed by atoms with Crippen LogP contribution in [-0.4, -0.2) is 49.6 Å². The van der Waals surface area contributed by atoms with Gasteiger partial charge in [-0.15, -0.1) is 0 Å². The molecule has 2 aliphatic rings. The van der Waals surface area contributed by atoms with Crippen molar-refractivity contribution in [2.24, 2.45) is 0 Å². The average Bonchev–Trinajstić information content (AvgIpc) is 2.75. The van der Waals surface area contributed by atoms with Crippen molar-refractivity contribution < 1.29 is 14.7 Å². The van der Waals surface area contributed by atoms with Crippen LogP contribution in [0.5, 0.6) is 0 Å². The molecule has 1 aliphatic carbocycles. The Balaban J connectivity index is 1.75. The molecule has 2 heterocycles. The molecule has 0 spiro atoms. The Morgan fingerprint density at radius 3 is 2.71 bits per heavy atom. The molecule has 0 atom stereocenters. The number of carbonyl (C=O) groups excluding carboxylic acids is 2. The fourth-order valence-electron chi connectivity index (χ4n) is 3.35. The van der Waals surface area contributed by atoms with Crippen molar-refractivity contribution in [3.05, 3.63) is 17.7 Å². The molecule has 24 heavy (non-hydrogen) atoms. The molecule has 132 valence electrons. The van der Waals surface area contributed by atoms with Gasteiger partial charge in [0.25, 0.3) is 5.91 Å². The molecule has 1 fully saturated rings. The third-order valence-corrected chi connectivity index (χ3v) is 4.87. The van der Waals surface area contributed by atoms with E-state index < -0.39 is 5.60 Å². The summed E-state index contributed by atoms with van der Waals surface area (Å²) in [7, 11) is 0. The van der Waals surface area contributed by atoms with Gasteiger partial charge in [0.15, 0.2) is 5.69 Å². The number of imidazole rings is 1. The number of hydrogen-bond donors (Lipinski definition) is 2. The number of rotatable bonds is 4. The second-order valence-corrected chi connectivity index (χ2v) is 7.28. The Bertz CT molecular complexity index is 634. The van der Waals surface area contributed by atoms with Crippen LogP contribution in [0.3, 0.4) is 0 Å². The van der Waals surface area contributed by atoms with Crippen molar-refractivity contribution in [3.63, 3.8) is 0 Å². The standard InChI is InChI=1S/C17H26N4O3/c1-12(2)19-16(23)15-13-10-20(7-4-8-21(13)11-18-15)14(22)9-17(24)5-3-6-17/h11-12,24H,3-10H2,1-2H3,(H,19,23). The van der Waals surface area contributed by atoms with Gasteiger partial charge in [-0.05, 0) is 39.5 Å². The Morgan fingerprint density at radius 1 is 1.33 bits per heavy atom. The lowest BCUT2D eigenvalue weighted by Gasteiger charge is -2.37. The number of amides is 2. The van der Waals surface area contributed by atoms with Crippen LogP contribution in [0, 0.1) is 0 Å². The first-order chi connectivity index (χ1) is 11.4. The Morgan fingerprint density at radius 2 is 2.08 bits per heavy atom. The SMILES string of the molecule is CC(C)NC(=O)c1ncn2c1CN(C(=O)CC1(O)CCC1)CCC2. The predicted molar refractivity (Wildman–Crippen MR) is 88.3 cm³/mol. The van der Waals surface area contributed by atoms with Gasteiger partial charge in [-0.25, -0.2) is 4.98 Å². The molecular weight excluding hydrogens is 308 g/mol. The maximum Gasteiger partial charge on any atom is 0.272 e. The zero-order valence-electron chi connectivity index (χ0n) is 14.4. The van der Waals surface area contributed by atoms with Crippen molar-refractivity contribution in [1.29, 1.82) is 0 Å². The topological polar surface area (TPSA) is 87.5 Å². The van der Waals surface area contributed by atoms with Crippen molar-refractivity contribution in [2.75, 3.05) is 6.54 Å². The third-order valence-electron chi connectivity index (χ3n) is 4.87. The van der Waals surface area contributed by atoms with Crippen LogP contribution in [0.15, 0.2) is 6.33 Å². The molecule has 0 aromatic carbocycles. The monoisotopic (exact) mass is 334 g/mol. The van der Waals surface area contributed by atoms with Crippen LogP contribution in [0.2, 0.25) is 0 Å². The number of aliphatic hydroxyl groups is 1. The number of nitrogens with zero attached hydrogens (tertiary/aromatic N) is 3. The second kappa shape index (κ2) is 6.55. The van der Waals surface area contributed by atoms with Crippen LogP contribution < -0.4 is 5.32 Å². The van der Waals surface area contributed by atoms with Crippen LogP contribution in [0.4, 0.5) is 0 Å². The normalized spacial score (nSPS) is 19.4. The highest BCUT2D eigenvalue weighted by atomic mass is 16.3. The summed E-state index contributed by atoms with van der Waals surface area (Å²) in [4.78, 5) is 30.9. The lowest BCUT2D eigenvalue weighted by molar-refractivity contribution is -0.141. The highest BCUT2D eigenvalue weighted by molar-refractivity contribution is 5.93. The second-order valence-electron chi connectivity index (χ2n) is 7.28. The molecule has 2 amide bonds. The van der Waals surface area contributed by atoms with E-state index in [-0.39, 0.29) is 24.3 Å². The van der Waals surface area contributed by atoms with E-state index in [4.69, 9.17) is 0 Å². The molecule has 1 aromatic heterocycles. The summed E-state index contributed by atoms with van der Waals surface area (Å²) in [6.45, 7) is 5.56. The first-order valence-corrected chi connectivity index (χ1v) is 8.73. The fourth-order valence-corrected chi connectivity index (χ4v) is 3.35. The van der Waals surface area contributed by atoms with E-state index in [0.29, 0.717) is 31.6 Å². The van der Waals surface area contributed by atoms with Gasteiger partial charge in [0.2, 0.25) is 5.91 Å². The summed E-state index contributed by atoms with van der Waals surface area (Å²) in [5, 5.41) is 13.1. The van der Waals surface area contributed by atoms with Crippen molar-refractivity contribution in [3.8, 4) is 0 Å². The molecule has 3 rings (SSSR count).